The van der Waals surface area contributed by atoms with Gasteiger partial charge in [0.05, 0.1) is 12.5 Å². The molecule has 0 unspecified atom stereocenters. The second-order valence-electron chi connectivity index (χ2n) is 4.03. The average molecular weight is 222 g/mol. The van der Waals surface area contributed by atoms with Gasteiger partial charge in [0.2, 0.25) is 0 Å². The van der Waals surface area contributed by atoms with Crippen molar-refractivity contribution in [2.45, 2.75) is 13.3 Å². The smallest absolute Gasteiger partial charge is 0.0669 e. The molecule has 2 heteroatoms. The molecule has 0 amide bonds. The van der Waals surface area contributed by atoms with Crippen molar-refractivity contribution in [2.24, 2.45) is 0 Å². The third-order valence-electron chi connectivity index (χ3n) is 2.55. The van der Waals surface area contributed by atoms with Crippen molar-refractivity contribution < 1.29 is 0 Å². The highest BCUT2D eigenvalue weighted by atomic mass is 14.9. The van der Waals surface area contributed by atoms with Gasteiger partial charge in [0.15, 0.2) is 0 Å². The largest absolute Gasteiger partial charge is 0.356 e. The van der Waals surface area contributed by atoms with Gasteiger partial charge in [0.1, 0.15) is 0 Å². The van der Waals surface area contributed by atoms with Crippen LogP contribution in [0.25, 0.3) is 0 Å². The van der Waals surface area contributed by atoms with Gasteiger partial charge in [0, 0.05) is 11.4 Å². The molecule has 0 heterocycles. The Bertz CT molecular complexity index is 536. The van der Waals surface area contributed by atoms with Crippen molar-refractivity contribution in [1.29, 1.82) is 5.26 Å². The van der Waals surface area contributed by atoms with E-state index in [9.17, 15) is 0 Å². The van der Waals surface area contributed by atoms with E-state index in [0.29, 0.717) is 6.42 Å². The maximum atomic E-state index is 8.66. The van der Waals surface area contributed by atoms with Crippen LogP contribution in [0.5, 0.6) is 0 Å². The van der Waals surface area contributed by atoms with Crippen molar-refractivity contribution in [2.75, 3.05) is 5.32 Å². The van der Waals surface area contributed by atoms with Crippen LogP contribution in [-0.2, 0) is 6.42 Å². The predicted octanol–water partition coefficient (Wildman–Crippen LogP) is 3.80. The molecule has 0 bridgehead atoms. The molecule has 1 N–H and O–H groups in total. The fourth-order valence-electron chi connectivity index (χ4n) is 1.65. The Morgan fingerprint density at radius 1 is 1.06 bits per heavy atom. The predicted molar refractivity (Wildman–Crippen MR) is 70.2 cm³/mol. The molecular weight excluding hydrogens is 208 g/mol. The van der Waals surface area contributed by atoms with Crippen molar-refractivity contribution >= 4 is 11.4 Å². The van der Waals surface area contributed by atoms with E-state index < -0.39 is 0 Å². The number of rotatable bonds is 3. The van der Waals surface area contributed by atoms with Gasteiger partial charge in [0.25, 0.3) is 0 Å². The molecule has 0 aromatic heterocycles. The Hall–Kier alpha value is -2.27. The Morgan fingerprint density at radius 2 is 1.82 bits per heavy atom. The number of hydrogen-bond donors (Lipinski definition) is 1. The highest BCUT2D eigenvalue weighted by Crippen LogP contribution is 2.18. The van der Waals surface area contributed by atoms with Crippen LogP contribution in [-0.4, -0.2) is 0 Å². The zero-order valence-corrected chi connectivity index (χ0v) is 9.77. The summed E-state index contributed by atoms with van der Waals surface area (Å²) in [6.07, 6.45) is 0.448. The lowest BCUT2D eigenvalue weighted by atomic mass is 10.1. The molecule has 0 saturated heterocycles. The molecule has 2 aromatic rings. The summed E-state index contributed by atoms with van der Waals surface area (Å²) in [6, 6.07) is 18.3. The first-order valence-electron chi connectivity index (χ1n) is 5.57. The van der Waals surface area contributed by atoms with Crippen LogP contribution < -0.4 is 5.32 Å². The first kappa shape index (κ1) is 11.2. The molecule has 2 rings (SSSR count). The molecule has 0 aliphatic rings. The van der Waals surface area contributed by atoms with E-state index in [0.717, 1.165) is 16.9 Å². The van der Waals surface area contributed by atoms with Gasteiger partial charge in [-0.05, 0) is 36.8 Å². The van der Waals surface area contributed by atoms with Crippen LogP contribution in [0.3, 0.4) is 0 Å². The second kappa shape index (κ2) is 5.18. The summed E-state index contributed by atoms with van der Waals surface area (Å²) in [4.78, 5) is 0. The zero-order valence-electron chi connectivity index (χ0n) is 9.77. The summed E-state index contributed by atoms with van der Waals surface area (Å²) in [6.45, 7) is 2.07. The van der Waals surface area contributed by atoms with Crippen LogP contribution in [0.4, 0.5) is 11.4 Å². The van der Waals surface area contributed by atoms with Crippen LogP contribution in [0.2, 0.25) is 0 Å². The Balaban J connectivity index is 2.16. The van der Waals surface area contributed by atoms with Crippen molar-refractivity contribution in [3.05, 3.63) is 59.7 Å². The van der Waals surface area contributed by atoms with Crippen LogP contribution in [0.15, 0.2) is 48.5 Å². The highest BCUT2D eigenvalue weighted by molar-refractivity contribution is 5.60. The molecule has 0 atom stereocenters. The van der Waals surface area contributed by atoms with Crippen molar-refractivity contribution in [3.8, 4) is 6.07 Å². The summed E-state index contributed by atoms with van der Waals surface area (Å²) in [5.74, 6) is 0. The fourth-order valence-corrected chi connectivity index (χ4v) is 1.65. The normalized spacial score (nSPS) is 9.65. The van der Waals surface area contributed by atoms with Crippen LogP contribution in [0.1, 0.15) is 11.1 Å². The Labute approximate surface area is 102 Å². The highest BCUT2D eigenvalue weighted by Gasteiger charge is 1.96. The minimum absolute atomic E-state index is 0.448. The minimum Gasteiger partial charge on any atom is -0.356 e. The number of hydrogen-bond acceptors (Lipinski definition) is 2. The van der Waals surface area contributed by atoms with Gasteiger partial charge < -0.3 is 5.32 Å². The van der Waals surface area contributed by atoms with Gasteiger partial charge in [-0.25, -0.2) is 0 Å². The second-order valence-corrected chi connectivity index (χ2v) is 4.03. The summed E-state index contributed by atoms with van der Waals surface area (Å²) >= 11 is 0. The number of aryl methyl sites for hydroxylation is 1. The Kier molecular flexibility index (Phi) is 3.42. The quantitative estimate of drug-likeness (QED) is 0.857. The molecule has 84 valence electrons. The lowest BCUT2D eigenvalue weighted by molar-refractivity contribution is 1.26. The molecule has 17 heavy (non-hydrogen) atoms. The fraction of sp³-hybridized carbons (Fsp3) is 0.133. The van der Waals surface area contributed by atoms with Gasteiger partial charge in [-0.2, -0.15) is 5.26 Å². The molecule has 0 saturated carbocycles. The maximum Gasteiger partial charge on any atom is 0.0669 e. The monoisotopic (exact) mass is 222 g/mol. The third kappa shape index (κ3) is 3.09. The summed E-state index contributed by atoms with van der Waals surface area (Å²) in [5.41, 5.74) is 4.35. The summed E-state index contributed by atoms with van der Waals surface area (Å²) in [5, 5.41) is 12.0. The van der Waals surface area contributed by atoms with Gasteiger partial charge in [-0.15, -0.1) is 0 Å². The van der Waals surface area contributed by atoms with E-state index >= 15 is 0 Å². The molecule has 0 aliphatic carbocycles. The summed E-state index contributed by atoms with van der Waals surface area (Å²) < 4.78 is 0. The first-order chi connectivity index (χ1) is 8.28. The van der Waals surface area contributed by atoms with E-state index in [2.05, 4.69) is 30.4 Å². The summed E-state index contributed by atoms with van der Waals surface area (Å²) in [7, 11) is 0. The van der Waals surface area contributed by atoms with Crippen molar-refractivity contribution in [1.82, 2.24) is 0 Å². The number of nitrogens with zero attached hydrogens (tertiary/aromatic N) is 1. The topological polar surface area (TPSA) is 35.8 Å². The van der Waals surface area contributed by atoms with Crippen molar-refractivity contribution in [3.63, 3.8) is 0 Å². The molecule has 0 fully saturated rings. The molecular formula is C15H14N2. The SMILES string of the molecule is Cc1ccc(Nc2cccc(CC#N)c2)cc1. The molecule has 2 nitrogen and oxygen atoms in total. The lowest BCUT2D eigenvalue weighted by Gasteiger charge is -2.07. The standard InChI is InChI=1S/C15H14N2/c1-12-5-7-14(8-6-12)17-15-4-2-3-13(11-15)9-10-16/h2-8,11,17H,9H2,1H3. The van der Waals surface area contributed by atoms with Gasteiger partial charge in [-0.1, -0.05) is 29.8 Å². The molecule has 2 aromatic carbocycles. The number of nitriles is 1. The Morgan fingerprint density at radius 3 is 2.53 bits per heavy atom. The third-order valence-corrected chi connectivity index (χ3v) is 2.55. The van der Waals surface area contributed by atoms with E-state index in [1.807, 2.05) is 36.4 Å². The van der Waals surface area contributed by atoms with Crippen LogP contribution in [0, 0.1) is 18.3 Å². The molecule has 0 radical (unpaired) electrons. The molecule has 0 spiro atoms. The average Bonchev–Trinajstić information content (AvgIpc) is 2.33. The van der Waals surface area contributed by atoms with E-state index in [1.54, 1.807) is 0 Å². The minimum atomic E-state index is 0.448. The zero-order chi connectivity index (χ0) is 12.1. The first-order valence-corrected chi connectivity index (χ1v) is 5.57. The lowest BCUT2D eigenvalue weighted by Crippen LogP contribution is -1.91. The van der Waals surface area contributed by atoms with Crippen LogP contribution >= 0.6 is 0 Å². The number of nitrogens with one attached hydrogen (secondary N) is 1. The van der Waals surface area contributed by atoms with E-state index in [1.165, 1.54) is 5.56 Å². The van der Waals surface area contributed by atoms with E-state index in [4.69, 9.17) is 5.26 Å². The maximum absolute atomic E-state index is 8.66. The number of benzene rings is 2. The van der Waals surface area contributed by atoms with Gasteiger partial charge in [-0.3, -0.25) is 0 Å². The molecule has 0 aliphatic heterocycles. The number of anilines is 2. The van der Waals surface area contributed by atoms with E-state index in [-0.39, 0.29) is 0 Å². The van der Waals surface area contributed by atoms with Gasteiger partial charge >= 0.3 is 0 Å².